The van der Waals surface area contributed by atoms with Crippen LogP contribution < -0.4 is 15.5 Å². The number of alkyl halides is 1. The number of hydrogen-bond donors (Lipinski definition) is 2. The Kier molecular flexibility index (Phi) is 12.4. The van der Waals surface area contributed by atoms with Crippen molar-refractivity contribution >= 4 is 28.9 Å². The van der Waals surface area contributed by atoms with Gasteiger partial charge < -0.3 is 15.5 Å². The molecule has 2 atom stereocenters. The van der Waals surface area contributed by atoms with E-state index in [-0.39, 0.29) is 22.1 Å². The summed E-state index contributed by atoms with van der Waals surface area (Å²) >= 11 is 7.22. The first-order valence-corrected chi connectivity index (χ1v) is 17.7. The van der Waals surface area contributed by atoms with Gasteiger partial charge >= 0.3 is 0 Å². The van der Waals surface area contributed by atoms with Crippen LogP contribution in [0.4, 0.5) is 11.4 Å². The molecular formula is C40H56ClN3O. The molecule has 1 heterocycles. The smallest absolute Gasteiger partial charge is 0.221 e. The predicted molar refractivity (Wildman–Crippen MR) is 195 cm³/mol. The molecule has 2 aromatic rings. The summed E-state index contributed by atoms with van der Waals surface area (Å²) < 4.78 is 0. The summed E-state index contributed by atoms with van der Waals surface area (Å²) in [4.78, 5) is 15.0. The molecule has 0 aromatic heterocycles. The summed E-state index contributed by atoms with van der Waals surface area (Å²) in [7, 11) is 0. The highest BCUT2D eigenvalue weighted by molar-refractivity contribution is 6.22. The van der Waals surface area contributed by atoms with E-state index in [1.165, 1.54) is 33.8 Å². The molecule has 1 aliphatic heterocycles. The first kappa shape index (κ1) is 34.9. The van der Waals surface area contributed by atoms with Crippen LogP contribution in [0.15, 0.2) is 84.1 Å². The third-order valence-electron chi connectivity index (χ3n) is 9.64. The van der Waals surface area contributed by atoms with Crippen molar-refractivity contribution in [3.8, 4) is 0 Å². The van der Waals surface area contributed by atoms with E-state index in [1.807, 2.05) is 0 Å². The van der Waals surface area contributed by atoms with E-state index >= 15 is 0 Å². The van der Waals surface area contributed by atoms with Crippen molar-refractivity contribution < 1.29 is 4.79 Å². The fourth-order valence-electron chi connectivity index (χ4n) is 6.88. The summed E-state index contributed by atoms with van der Waals surface area (Å²) in [5.74, 6) is 0.445. The zero-order valence-corrected chi connectivity index (χ0v) is 29.4. The molecule has 2 aliphatic rings. The zero-order chi connectivity index (χ0) is 32.5. The molecule has 2 N–H and O–H groups in total. The molecule has 0 saturated heterocycles. The predicted octanol–water partition coefficient (Wildman–Crippen LogP) is 10.1. The van der Waals surface area contributed by atoms with Gasteiger partial charge in [-0.1, -0.05) is 108 Å². The van der Waals surface area contributed by atoms with Crippen LogP contribution >= 0.6 is 11.6 Å². The molecule has 2 unspecified atom stereocenters. The highest BCUT2D eigenvalue weighted by atomic mass is 35.5. The Labute approximate surface area is 278 Å². The van der Waals surface area contributed by atoms with E-state index in [9.17, 15) is 4.79 Å². The molecule has 45 heavy (non-hydrogen) atoms. The second-order valence-corrected chi connectivity index (χ2v) is 14.5. The maximum absolute atomic E-state index is 12.6. The normalized spacial score (nSPS) is 21.4. The topological polar surface area (TPSA) is 44.4 Å². The van der Waals surface area contributed by atoms with Gasteiger partial charge in [-0.3, -0.25) is 4.79 Å². The van der Waals surface area contributed by atoms with Gasteiger partial charge in [-0.25, -0.2) is 0 Å². The van der Waals surface area contributed by atoms with Crippen molar-refractivity contribution in [3.63, 3.8) is 0 Å². The molecule has 2 aromatic carbocycles. The Morgan fingerprint density at radius 1 is 1.04 bits per heavy atom. The molecule has 5 heteroatoms. The fourth-order valence-corrected chi connectivity index (χ4v) is 7.27. The summed E-state index contributed by atoms with van der Waals surface area (Å²) in [5, 5.41) is 6.68. The molecule has 0 bridgehead atoms. The van der Waals surface area contributed by atoms with Gasteiger partial charge in [0.2, 0.25) is 5.91 Å². The standard InChI is InChI=1S/C40H56ClN3O/c1-7-9-28-43-37(45)25-29-44-35-22-13-11-20-33(35)40(5,6)36(44)24-23-31-17-14-16-30(38(31)41)18-15-26-39(3,4)32-19-10-12-21-34(32)42-27-8-2/h10-13,15,18-24,30,38,42H,7-9,14,16-17,25-29H2,1-6H3,(H,43,45)/b18-15+,31-23+,36-24+. The summed E-state index contributed by atoms with van der Waals surface area (Å²) in [5.41, 5.74) is 7.52. The lowest BCUT2D eigenvalue weighted by atomic mass is 9.79. The van der Waals surface area contributed by atoms with Gasteiger partial charge in [-0.2, -0.15) is 0 Å². The minimum Gasteiger partial charge on any atom is -0.385 e. The van der Waals surface area contributed by atoms with Gasteiger partial charge in [0.25, 0.3) is 0 Å². The number of nitrogens with one attached hydrogen (secondary N) is 2. The van der Waals surface area contributed by atoms with E-state index in [0.29, 0.717) is 18.9 Å². The quantitative estimate of drug-likeness (QED) is 0.124. The van der Waals surface area contributed by atoms with E-state index in [2.05, 4.69) is 130 Å². The minimum absolute atomic E-state index is 0.0156. The van der Waals surface area contributed by atoms with Gasteiger partial charge in [0.15, 0.2) is 0 Å². The second kappa shape index (κ2) is 16.0. The number of halogens is 1. The Balaban J connectivity index is 1.49. The minimum atomic E-state index is -0.157. The molecule has 4 rings (SSSR count). The summed E-state index contributed by atoms with van der Waals surface area (Å²) in [6.45, 7) is 16.0. The zero-order valence-electron chi connectivity index (χ0n) is 28.6. The van der Waals surface area contributed by atoms with Crippen LogP contribution in [0.5, 0.6) is 0 Å². The van der Waals surface area contributed by atoms with Crippen LogP contribution in [0.3, 0.4) is 0 Å². The van der Waals surface area contributed by atoms with Crippen LogP contribution in [0.25, 0.3) is 0 Å². The Hall–Kier alpha value is -2.98. The number of hydrogen-bond acceptors (Lipinski definition) is 3. The first-order chi connectivity index (χ1) is 21.6. The van der Waals surface area contributed by atoms with Crippen molar-refractivity contribution in [1.82, 2.24) is 5.32 Å². The molecule has 1 saturated carbocycles. The van der Waals surface area contributed by atoms with Gasteiger partial charge in [0.1, 0.15) is 0 Å². The largest absolute Gasteiger partial charge is 0.385 e. The number of rotatable bonds is 14. The van der Waals surface area contributed by atoms with Crippen LogP contribution in [0.1, 0.15) is 104 Å². The fraction of sp³-hybridized carbons (Fsp3) is 0.525. The van der Waals surface area contributed by atoms with Crippen molar-refractivity contribution in [2.75, 3.05) is 29.9 Å². The molecule has 1 aliphatic carbocycles. The second-order valence-electron chi connectivity index (χ2n) is 14.0. The maximum Gasteiger partial charge on any atom is 0.221 e. The third-order valence-corrected chi connectivity index (χ3v) is 10.2. The third kappa shape index (κ3) is 8.64. The van der Waals surface area contributed by atoms with E-state index in [0.717, 1.165) is 58.0 Å². The van der Waals surface area contributed by atoms with Gasteiger partial charge in [0.05, 0.1) is 5.38 Å². The number of unbranched alkanes of at least 4 members (excludes halogenated alkanes) is 1. The van der Waals surface area contributed by atoms with Crippen molar-refractivity contribution in [2.24, 2.45) is 5.92 Å². The Morgan fingerprint density at radius 2 is 1.80 bits per heavy atom. The molecule has 1 amide bonds. The lowest BCUT2D eigenvalue weighted by molar-refractivity contribution is -0.120. The lowest BCUT2D eigenvalue weighted by Gasteiger charge is -2.30. The van der Waals surface area contributed by atoms with Crippen molar-refractivity contribution in [1.29, 1.82) is 0 Å². The monoisotopic (exact) mass is 629 g/mol. The van der Waals surface area contributed by atoms with Crippen LogP contribution in [0.2, 0.25) is 0 Å². The maximum atomic E-state index is 12.6. The number of carbonyl (C=O) groups is 1. The molecular weight excluding hydrogens is 574 g/mol. The number of carbonyl (C=O) groups excluding carboxylic acids is 1. The molecule has 4 nitrogen and oxygen atoms in total. The van der Waals surface area contributed by atoms with Crippen LogP contribution in [-0.4, -0.2) is 30.9 Å². The number of para-hydroxylation sites is 2. The van der Waals surface area contributed by atoms with E-state index in [1.54, 1.807) is 0 Å². The molecule has 244 valence electrons. The number of fused-ring (bicyclic) bond motifs is 1. The van der Waals surface area contributed by atoms with E-state index < -0.39 is 0 Å². The summed E-state index contributed by atoms with van der Waals surface area (Å²) in [6.07, 6.45) is 17.2. The number of anilines is 2. The average Bonchev–Trinajstić information content (AvgIpc) is 3.24. The van der Waals surface area contributed by atoms with Crippen molar-refractivity contribution in [3.05, 3.63) is 95.2 Å². The molecule has 1 fully saturated rings. The molecule has 0 radical (unpaired) electrons. The number of benzene rings is 2. The van der Waals surface area contributed by atoms with Crippen molar-refractivity contribution in [2.45, 2.75) is 109 Å². The Bertz CT molecular complexity index is 1370. The first-order valence-electron chi connectivity index (χ1n) is 17.3. The van der Waals surface area contributed by atoms with Crippen LogP contribution in [0, 0.1) is 5.92 Å². The van der Waals surface area contributed by atoms with Gasteiger partial charge in [0, 0.05) is 48.5 Å². The summed E-state index contributed by atoms with van der Waals surface area (Å²) in [6, 6.07) is 17.3. The highest BCUT2D eigenvalue weighted by Gasteiger charge is 2.39. The van der Waals surface area contributed by atoms with Gasteiger partial charge in [-0.15, -0.1) is 11.6 Å². The Morgan fingerprint density at radius 3 is 2.58 bits per heavy atom. The highest BCUT2D eigenvalue weighted by Crippen LogP contribution is 2.48. The number of allylic oxidation sites excluding steroid dienone is 6. The van der Waals surface area contributed by atoms with E-state index in [4.69, 9.17) is 11.6 Å². The SMILES string of the molecule is CCCCNC(=O)CCN1/C(=C/C=C2\CCCC(/C=C/CC(C)(C)c3ccccc3NCCC)C2Cl)C(C)(C)c2ccccc21. The lowest BCUT2D eigenvalue weighted by Crippen LogP contribution is -2.32. The molecule has 0 spiro atoms. The average molecular weight is 630 g/mol. The number of nitrogens with zero attached hydrogens (tertiary/aromatic N) is 1. The number of amides is 1. The van der Waals surface area contributed by atoms with Gasteiger partial charge in [-0.05, 0) is 79.2 Å². The van der Waals surface area contributed by atoms with Crippen LogP contribution in [-0.2, 0) is 15.6 Å².